The van der Waals surface area contributed by atoms with Crippen molar-refractivity contribution in [1.29, 1.82) is 0 Å². The highest BCUT2D eigenvalue weighted by molar-refractivity contribution is 4.81. The van der Waals surface area contributed by atoms with Gasteiger partial charge in [-0.25, -0.2) is 0 Å². The highest BCUT2D eigenvalue weighted by Gasteiger charge is 2.24. The minimum absolute atomic E-state index is 0.511. The predicted octanol–water partition coefficient (Wildman–Crippen LogP) is 3.59. The smallest absolute Gasteiger partial charge is 0.00438 e. The van der Waals surface area contributed by atoms with Gasteiger partial charge in [-0.15, -0.1) is 0 Å². The molecule has 0 aliphatic carbocycles. The lowest BCUT2D eigenvalue weighted by molar-refractivity contribution is 0.223. The SMILES string of the molecule is CC1CC(CCC(C)(C)C)CC(C)N1. The van der Waals surface area contributed by atoms with E-state index in [1.807, 2.05) is 0 Å². The summed E-state index contributed by atoms with van der Waals surface area (Å²) >= 11 is 0. The zero-order chi connectivity index (χ0) is 10.8. The van der Waals surface area contributed by atoms with Crippen molar-refractivity contribution in [3.05, 3.63) is 0 Å². The van der Waals surface area contributed by atoms with E-state index in [1.54, 1.807) is 0 Å². The molecule has 0 aromatic rings. The van der Waals surface area contributed by atoms with Crippen LogP contribution in [0.4, 0.5) is 0 Å². The van der Waals surface area contributed by atoms with Crippen LogP contribution >= 0.6 is 0 Å². The van der Waals surface area contributed by atoms with Crippen molar-refractivity contribution in [3.63, 3.8) is 0 Å². The van der Waals surface area contributed by atoms with Gasteiger partial charge in [0.2, 0.25) is 0 Å². The van der Waals surface area contributed by atoms with E-state index < -0.39 is 0 Å². The Morgan fingerprint density at radius 1 is 1.07 bits per heavy atom. The predicted molar refractivity (Wildman–Crippen MR) is 63.5 cm³/mol. The van der Waals surface area contributed by atoms with Crippen molar-refractivity contribution < 1.29 is 0 Å². The van der Waals surface area contributed by atoms with Gasteiger partial charge in [0.05, 0.1) is 0 Å². The molecule has 84 valence electrons. The topological polar surface area (TPSA) is 12.0 Å². The van der Waals surface area contributed by atoms with Gasteiger partial charge >= 0.3 is 0 Å². The van der Waals surface area contributed by atoms with Crippen LogP contribution in [0.2, 0.25) is 0 Å². The molecule has 1 nitrogen and oxygen atoms in total. The quantitative estimate of drug-likeness (QED) is 0.713. The fourth-order valence-electron chi connectivity index (χ4n) is 2.59. The number of hydrogen-bond donors (Lipinski definition) is 1. The van der Waals surface area contributed by atoms with Gasteiger partial charge in [0.1, 0.15) is 0 Å². The Labute approximate surface area is 89.7 Å². The maximum absolute atomic E-state index is 3.61. The van der Waals surface area contributed by atoms with E-state index in [4.69, 9.17) is 0 Å². The summed E-state index contributed by atoms with van der Waals surface area (Å²) in [6, 6.07) is 1.45. The van der Waals surface area contributed by atoms with Crippen molar-refractivity contribution in [2.24, 2.45) is 11.3 Å². The van der Waals surface area contributed by atoms with Gasteiger partial charge < -0.3 is 5.32 Å². The van der Waals surface area contributed by atoms with Crippen LogP contribution < -0.4 is 5.32 Å². The molecule has 0 saturated carbocycles. The molecular weight excluding hydrogens is 170 g/mol. The Bertz CT molecular complexity index is 159. The minimum atomic E-state index is 0.511. The maximum atomic E-state index is 3.61. The second-order valence-corrected chi connectivity index (χ2v) is 6.41. The summed E-state index contributed by atoms with van der Waals surface area (Å²) in [6.45, 7) is 11.7. The first kappa shape index (κ1) is 12.0. The lowest BCUT2D eigenvalue weighted by Crippen LogP contribution is -2.42. The molecule has 1 N–H and O–H groups in total. The van der Waals surface area contributed by atoms with Crippen LogP contribution in [0.3, 0.4) is 0 Å². The van der Waals surface area contributed by atoms with Crippen molar-refractivity contribution in [2.75, 3.05) is 0 Å². The molecule has 2 unspecified atom stereocenters. The fraction of sp³-hybridized carbons (Fsp3) is 1.00. The summed E-state index contributed by atoms with van der Waals surface area (Å²) in [6.07, 6.45) is 5.54. The first-order valence-corrected chi connectivity index (χ1v) is 6.13. The molecule has 0 radical (unpaired) electrons. The summed E-state index contributed by atoms with van der Waals surface area (Å²) in [5.74, 6) is 0.959. The van der Waals surface area contributed by atoms with E-state index in [9.17, 15) is 0 Å². The summed E-state index contributed by atoms with van der Waals surface area (Å²) in [5.41, 5.74) is 0.511. The van der Waals surface area contributed by atoms with Gasteiger partial charge in [-0.1, -0.05) is 20.8 Å². The van der Waals surface area contributed by atoms with Gasteiger partial charge in [-0.2, -0.15) is 0 Å². The molecular formula is C13H27N. The lowest BCUT2D eigenvalue weighted by Gasteiger charge is -2.34. The molecule has 1 rings (SSSR count). The first-order valence-electron chi connectivity index (χ1n) is 6.13. The minimum Gasteiger partial charge on any atom is -0.312 e. The van der Waals surface area contributed by atoms with E-state index in [2.05, 4.69) is 39.9 Å². The second-order valence-electron chi connectivity index (χ2n) is 6.41. The zero-order valence-corrected chi connectivity index (χ0v) is 10.6. The van der Waals surface area contributed by atoms with E-state index in [0.29, 0.717) is 5.41 Å². The molecule has 0 spiro atoms. The molecule has 1 fully saturated rings. The van der Waals surface area contributed by atoms with Gasteiger partial charge in [0.15, 0.2) is 0 Å². The van der Waals surface area contributed by atoms with E-state index in [-0.39, 0.29) is 0 Å². The fourth-order valence-corrected chi connectivity index (χ4v) is 2.59. The van der Waals surface area contributed by atoms with E-state index in [0.717, 1.165) is 18.0 Å². The van der Waals surface area contributed by atoms with Crippen LogP contribution in [0.5, 0.6) is 0 Å². The number of nitrogens with one attached hydrogen (secondary N) is 1. The Kier molecular flexibility index (Phi) is 4.00. The average molecular weight is 197 g/mol. The monoisotopic (exact) mass is 197 g/mol. The zero-order valence-electron chi connectivity index (χ0n) is 10.6. The average Bonchev–Trinajstić information content (AvgIpc) is 1.97. The molecule has 0 bridgehead atoms. The molecule has 0 aromatic carbocycles. The van der Waals surface area contributed by atoms with E-state index in [1.165, 1.54) is 25.7 Å². The second kappa shape index (κ2) is 4.65. The molecule has 1 saturated heterocycles. The normalized spacial score (nSPS) is 34.5. The third kappa shape index (κ3) is 4.45. The molecule has 1 heteroatoms. The van der Waals surface area contributed by atoms with Crippen molar-refractivity contribution in [2.45, 2.75) is 72.4 Å². The summed E-state index contributed by atoms with van der Waals surface area (Å²) in [4.78, 5) is 0. The van der Waals surface area contributed by atoms with Gasteiger partial charge in [-0.3, -0.25) is 0 Å². The number of piperidine rings is 1. The third-order valence-corrected chi connectivity index (χ3v) is 3.25. The molecule has 1 aliphatic rings. The Balaban J connectivity index is 2.30. The maximum Gasteiger partial charge on any atom is 0.00438 e. The van der Waals surface area contributed by atoms with Crippen LogP contribution in [-0.4, -0.2) is 12.1 Å². The summed E-state index contributed by atoms with van der Waals surface area (Å²) in [7, 11) is 0. The molecule has 1 aliphatic heterocycles. The lowest BCUT2D eigenvalue weighted by atomic mass is 9.80. The van der Waals surface area contributed by atoms with Crippen molar-refractivity contribution in [1.82, 2.24) is 5.32 Å². The third-order valence-electron chi connectivity index (χ3n) is 3.25. The molecule has 0 amide bonds. The molecule has 2 atom stereocenters. The van der Waals surface area contributed by atoms with Crippen LogP contribution in [0.15, 0.2) is 0 Å². The van der Waals surface area contributed by atoms with E-state index >= 15 is 0 Å². The Morgan fingerprint density at radius 2 is 1.57 bits per heavy atom. The largest absolute Gasteiger partial charge is 0.312 e. The van der Waals surface area contributed by atoms with Gasteiger partial charge in [0, 0.05) is 12.1 Å². The summed E-state index contributed by atoms with van der Waals surface area (Å²) < 4.78 is 0. The number of rotatable bonds is 2. The van der Waals surface area contributed by atoms with Crippen molar-refractivity contribution in [3.8, 4) is 0 Å². The molecule has 14 heavy (non-hydrogen) atoms. The molecule has 0 aromatic heterocycles. The Morgan fingerprint density at radius 3 is 2.00 bits per heavy atom. The summed E-state index contributed by atoms with van der Waals surface area (Å²) in [5, 5.41) is 3.61. The van der Waals surface area contributed by atoms with Gasteiger partial charge in [0.25, 0.3) is 0 Å². The van der Waals surface area contributed by atoms with Crippen molar-refractivity contribution >= 4 is 0 Å². The first-order chi connectivity index (χ1) is 6.37. The van der Waals surface area contributed by atoms with Crippen LogP contribution in [0.25, 0.3) is 0 Å². The Hall–Kier alpha value is -0.0400. The van der Waals surface area contributed by atoms with Gasteiger partial charge in [-0.05, 0) is 50.9 Å². The van der Waals surface area contributed by atoms with Crippen LogP contribution in [0.1, 0.15) is 60.3 Å². The molecule has 1 heterocycles. The number of hydrogen-bond acceptors (Lipinski definition) is 1. The standard InChI is InChI=1S/C13H27N/c1-10-8-12(9-11(2)14-10)6-7-13(3,4)5/h10-12,14H,6-9H2,1-5H3. The highest BCUT2D eigenvalue weighted by atomic mass is 14.9. The highest BCUT2D eigenvalue weighted by Crippen LogP contribution is 2.30. The van der Waals surface area contributed by atoms with Crippen LogP contribution in [-0.2, 0) is 0 Å². The van der Waals surface area contributed by atoms with Crippen LogP contribution in [0, 0.1) is 11.3 Å².